The summed E-state index contributed by atoms with van der Waals surface area (Å²) < 4.78 is 0. The van der Waals surface area contributed by atoms with Gasteiger partial charge in [-0.15, -0.1) is 0 Å². The summed E-state index contributed by atoms with van der Waals surface area (Å²) in [4.78, 5) is 19.5. The molecular formula is C60H46N4. The molecule has 4 heteroatoms. The molecule has 4 nitrogen and oxygen atoms in total. The fourth-order valence-corrected chi connectivity index (χ4v) is 8.44. The van der Waals surface area contributed by atoms with Crippen LogP contribution in [0.3, 0.4) is 0 Å². The molecule has 0 N–H and O–H groups in total. The van der Waals surface area contributed by atoms with Crippen molar-refractivity contribution in [3.05, 3.63) is 231 Å². The molecule has 0 saturated heterocycles. The van der Waals surface area contributed by atoms with Crippen molar-refractivity contribution < 1.29 is 0 Å². The SMILES string of the molecule is CC(C)(C)c1cc(-c2ccc(-c3ccccc3-c3cc(-c4ccccc4-c4ccc(-c5ccccc5)nc4)cc(-c4ccccc4-c4ccc(-c5ccccc5)nc4)c3)cn2)ccn1. The number of hydrogen-bond acceptors (Lipinski definition) is 4. The van der Waals surface area contributed by atoms with Gasteiger partial charge in [-0.2, -0.15) is 0 Å². The van der Waals surface area contributed by atoms with E-state index in [9.17, 15) is 0 Å². The highest BCUT2D eigenvalue weighted by molar-refractivity contribution is 5.94. The van der Waals surface area contributed by atoms with Gasteiger partial charge >= 0.3 is 0 Å². The van der Waals surface area contributed by atoms with E-state index in [2.05, 4.69) is 183 Å². The Labute approximate surface area is 375 Å². The lowest BCUT2D eigenvalue weighted by atomic mass is 9.86. The number of benzene rings is 6. The minimum absolute atomic E-state index is 0.0585. The lowest BCUT2D eigenvalue weighted by Gasteiger charge is -2.18. The fraction of sp³-hybridized carbons (Fsp3) is 0.0667. The quantitative estimate of drug-likeness (QED) is 0.145. The highest BCUT2D eigenvalue weighted by Crippen LogP contribution is 2.42. The lowest BCUT2D eigenvalue weighted by Crippen LogP contribution is -2.13. The number of nitrogens with zero attached hydrogens (tertiary/aromatic N) is 4. The molecule has 64 heavy (non-hydrogen) atoms. The lowest BCUT2D eigenvalue weighted by molar-refractivity contribution is 0.569. The predicted molar refractivity (Wildman–Crippen MR) is 265 cm³/mol. The second-order valence-corrected chi connectivity index (χ2v) is 17.1. The van der Waals surface area contributed by atoms with E-state index < -0.39 is 0 Å². The summed E-state index contributed by atoms with van der Waals surface area (Å²) in [6.07, 6.45) is 7.87. The van der Waals surface area contributed by atoms with Crippen LogP contribution in [0.15, 0.2) is 225 Å². The Morgan fingerprint density at radius 3 is 0.922 bits per heavy atom. The van der Waals surface area contributed by atoms with Crippen molar-refractivity contribution in [2.45, 2.75) is 26.2 Å². The van der Waals surface area contributed by atoms with Crippen LogP contribution in [0.2, 0.25) is 0 Å². The molecule has 0 spiro atoms. The first-order valence-corrected chi connectivity index (χ1v) is 21.8. The first-order valence-electron chi connectivity index (χ1n) is 21.8. The number of hydrogen-bond donors (Lipinski definition) is 0. The van der Waals surface area contributed by atoms with Crippen LogP contribution >= 0.6 is 0 Å². The summed E-state index contributed by atoms with van der Waals surface area (Å²) in [5.74, 6) is 0. The Morgan fingerprint density at radius 2 is 0.594 bits per heavy atom. The van der Waals surface area contributed by atoms with Gasteiger partial charge in [-0.1, -0.05) is 172 Å². The van der Waals surface area contributed by atoms with Crippen LogP contribution in [-0.4, -0.2) is 19.9 Å². The van der Waals surface area contributed by atoms with Gasteiger partial charge in [0, 0.05) is 69.3 Å². The van der Waals surface area contributed by atoms with Gasteiger partial charge in [0.05, 0.1) is 17.1 Å². The molecular weight excluding hydrogens is 777 g/mol. The van der Waals surface area contributed by atoms with Crippen molar-refractivity contribution in [3.8, 4) is 101 Å². The predicted octanol–water partition coefficient (Wildman–Crippen LogP) is 15.6. The molecule has 0 bridgehead atoms. The smallest absolute Gasteiger partial charge is 0.0703 e. The maximum Gasteiger partial charge on any atom is 0.0703 e. The third kappa shape index (κ3) is 8.30. The second-order valence-electron chi connectivity index (χ2n) is 17.1. The zero-order chi connectivity index (χ0) is 43.5. The van der Waals surface area contributed by atoms with Gasteiger partial charge in [0.15, 0.2) is 0 Å². The molecule has 10 aromatic rings. The summed E-state index contributed by atoms with van der Waals surface area (Å²) in [6, 6.07) is 70.7. The highest BCUT2D eigenvalue weighted by Gasteiger charge is 2.19. The highest BCUT2D eigenvalue weighted by atomic mass is 14.7. The van der Waals surface area contributed by atoms with Crippen LogP contribution in [0.4, 0.5) is 0 Å². The van der Waals surface area contributed by atoms with Crippen LogP contribution in [0.25, 0.3) is 101 Å². The van der Waals surface area contributed by atoms with Crippen molar-refractivity contribution in [1.29, 1.82) is 0 Å². The zero-order valence-electron chi connectivity index (χ0n) is 36.2. The van der Waals surface area contributed by atoms with Crippen molar-refractivity contribution in [2.24, 2.45) is 0 Å². The Balaban J connectivity index is 1.10. The Bertz CT molecular complexity index is 3060. The third-order valence-corrected chi connectivity index (χ3v) is 11.8. The van der Waals surface area contributed by atoms with E-state index in [4.69, 9.17) is 15.0 Å². The number of rotatable bonds is 9. The molecule has 0 aliphatic rings. The zero-order valence-corrected chi connectivity index (χ0v) is 36.2. The summed E-state index contributed by atoms with van der Waals surface area (Å²) in [6.45, 7) is 6.56. The minimum Gasteiger partial charge on any atom is -0.261 e. The normalized spacial score (nSPS) is 11.4. The molecule has 4 heterocycles. The fourth-order valence-electron chi connectivity index (χ4n) is 8.44. The van der Waals surface area contributed by atoms with Crippen molar-refractivity contribution >= 4 is 0 Å². The van der Waals surface area contributed by atoms with Gasteiger partial charge in [0.1, 0.15) is 0 Å². The van der Waals surface area contributed by atoms with Gasteiger partial charge in [-0.25, -0.2) is 0 Å². The monoisotopic (exact) mass is 822 g/mol. The molecule has 0 aliphatic carbocycles. The van der Waals surface area contributed by atoms with Gasteiger partial charge in [0.25, 0.3) is 0 Å². The van der Waals surface area contributed by atoms with Crippen LogP contribution in [0, 0.1) is 0 Å². The standard InChI is InChI=1S/C60H46N4/c1-60(2,3)59-37-43(32-33-61-59)58-31-28-46(40-64-58)52-22-12-15-25-55(52)49-35-47(53-23-13-10-20-50(53)44-26-29-56(62-38-44)41-16-6-4-7-17-41)34-48(36-49)54-24-14-11-21-51(54)45-27-30-57(63-39-45)42-18-8-5-9-19-42/h4-40H,1-3H3. The van der Waals surface area contributed by atoms with E-state index in [1.54, 1.807) is 0 Å². The van der Waals surface area contributed by atoms with Crippen LogP contribution in [0.1, 0.15) is 26.5 Å². The van der Waals surface area contributed by atoms with E-state index in [0.717, 1.165) is 106 Å². The topological polar surface area (TPSA) is 51.6 Å². The molecule has 6 aromatic carbocycles. The average molecular weight is 823 g/mol. The van der Waals surface area contributed by atoms with Gasteiger partial charge < -0.3 is 0 Å². The summed E-state index contributed by atoms with van der Waals surface area (Å²) >= 11 is 0. The van der Waals surface area contributed by atoms with Gasteiger partial charge in [-0.05, 0) is 98.6 Å². The molecule has 306 valence electrons. The molecule has 0 radical (unpaired) electrons. The summed E-state index contributed by atoms with van der Waals surface area (Å²) in [5.41, 5.74) is 20.3. The van der Waals surface area contributed by atoms with Crippen LogP contribution in [0.5, 0.6) is 0 Å². The summed E-state index contributed by atoms with van der Waals surface area (Å²) in [5, 5.41) is 0. The maximum absolute atomic E-state index is 5.02. The van der Waals surface area contributed by atoms with E-state index in [-0.39, 0.29) is 5.41 Å². The average Bonchev–Trinajstić information content (AvgIpc) is 3.37. The van der Waals surface area contributed by atoms with E-state index in [1.807, 2.05) is 67.3 Å². The van der Waals surface area contributed by atoms with E-state index in [1.165, 1.54) is 0 Å². The summed E-state index contributed by atoms with van der Waals surface area (Å²) in [7, 11) is 0. The largest absolute Gasteiger partial charge is 0.261 e. The first-order chi connectivity index (χ1) is 31.4. The van der Waals surface area contributed by atoms with Crippen molar-refractivity contribution in [3.63, 3.8) is 0 Å². The maximum atomic E-state index is 5.02. The molecule has 10 rings (SSSR count). The van der Waals surface area contributed by atoms with Gasteiger partial charge in [-0.3, -0.25) is 19.9 Å². The Hall–Kier alpha value is -8.08. The number of aromatic nitrogens is 4. The van der Waals surface area contributed by atoms with Crippen LogP contribution in [-0.2, 0) is 5.41 Å². The third-order valence-electron chi connectivity index (χ3n) is 11.8. The number of pyridine rings is 4. The van der Waals surface area contributed by atoms with E-state index >= 15 is 0 Å². The molecule has 0 saturated carbocycles. The first kappa shape index (κ1) is 40.0. The molecule has 0 amide bonds. The molecule has 0 aliphatic heterocycles. The van der Waals surface area contributed by atoms with E-state index in [0.29, 0.717) is 0 Å². The van der Waals surface area contributed by atoms with Crippen LogP contribution < -0.4 is 0 Å². The molecule has 0 atom stereocenters. The molecule has 4 aromatic heterocycles. The van der Waals surface area contributed by atoms with Gasteiger partial charge in [0.2, 0.25) is 0 Å². The molecule has 0 unspecified atom stereocenters. The van der Waals surface area contributed by atoms with Crippen molar-refractivity contribution in [2.75, 3.05) is 0 Å². The van der Waals surface area contributed by atoms with Crippen molar-refractivity contribution in [1.82, 2.24) is 19.9 Å². The second kappa shape index (κ2) is 17.4. The Kier molecular flexibility index (Phi) is 10.9. The molecule has 0 fully saturated rings. The Morgan fingerprint density at radius 1 is 0.266 bits per heavy atom. The minimum atomic E-state index is -0.0585.